The van der Waals surface area contributed by atoms with Gasteiger partial charge in [0.05, 0.1) is 12.3 Å². The Morgan fingerprint density at radius 3 is 2.56 bits per heavy atom. The monoisotopic (exact) mass is 248 g/mol. The number of nitrogens with zero attached hydrogens (tertiary/aromatic N) is 1. The van der Waals surface area contributed by atoms with Crippen molar-refractivity contribution in [1.29, 1.82) is 0 Å². The second kappa shape index (κ2) is 5.63. The number of carbonyl (C=O) groups excluding carboxylic acids is 1. The van der Waals surface area contributed by atoms with Crippen molar-refractivity contribution in [3.8, 4) is 0 Å². The number of carbonyl (C=O) groups is 1. The van der Waals surface area contributed by atoms with Crippen LogP contribution in [0, 0.1) is 5.92 Å². The number of nitrogens with one attached hydrogen (secondary N) is 1. The molecule has 0 aromatic heterocycles. The van der Waals surface area contributed by atoms with E-state index in [9.17, 15) is 13.2 Å². The third-order valence-electron chi connectivity index (χ3n) is 2.63. The van der Waals surface area contributed by atoms with Crippen molar-refractivity contribution in [2.45, 2.75) is 12.8 Å². The number of likely N-dealkylation sites (N-methyl/N-ethyl adjacent to an activating group) is 1. The van der Waals surface area contributed by atoms with Crippen LogP contribution in [0.4, 0.5) is 0 Å². The van der Waals surface area contributed by atoms with Crippen LogP contribution in [0.15, 0.2) is 0 Å². The molecule has 0 heterocycles. The van der Waals surface area contributed by atoms with Crippen LogP contribution < -0.4 is 5.32 Å². The first-order valence-electron chi connectivity index (χ1n) is 5.51. The lowest BCUT2D eigenvalue weighted by Gasteiger charge is -2.16. The van der Waals surface area contributed by atoms with Crippen molar-refractivity contribution < 1.29 is 13.2 Å². The number of amides is 1. The molecule has 16 heavy (non-hydrogen) atoms. The highest BCUT2D eigenvalue weighted by atomic mass is 32.2. The fourth-order valence-electron chi connectivity index (χ4n) is 1.27. The minimum Gasteiger partial charge on any atom is -0.344 e. The highest BCUT2D eigenvalue weighted by Gasteiger charge is 2.21. The van der Waals surface area contributed by atoms with Gasteiger partial charge < -0.3 is 10.2 Å². The van der Waals surface area contributed by atoms with Gasteiger partial charge in [-0.1, -0.05) is 0 Å². The molecule has 1 saturated carbocycles. The highest BCUT2D eigenvalue weighted by Crippen LogP contribution is 2.27. The maximum absolute atomic E-state index is 11.5. The van der Waals surface area contributed by atoms with Gasteiger partial charge in [0, 0.05) is 19.8 Å². The highest BCUT2D eigenvalue weighted by molar-refractivity contribution is 7.90. The van der Waals surface area contributed by atoms with Gasteiger partial charge in [-0.05, 0) is 25.3 Å². The van der Waals surface area contributed by atoms with Crippen molar-refractivity contribution in [3.63, 3.8) is 0 Å². The molecule has 0 bridgehead atoms. The van der Waals surface area contributed by atoms with Crippen LogP contribution in [-0.4, -0.2) is 57.9 Å². The predicted molar refractivity (Wildman–Crippen MR) is 62.9 cm³/mol. The summed E-state index contributed by atoms with van der Waals surface area (Å²) in [5.74, 6) is 0.719. The fraction of sp³-hybridized carbons (Fsp3) is 0.900. The lowest BCUT2D eigenvalue weighted by molar-refractivity contribution is -0.128. The predicted octanol–water partition coefficient (Wildman–Crippen LogP) is -0.511. The molecule has 1 rings (SSSR count). The van der Waals surface area contributed by atoms with E-state index in [1.54, 1.807) is 7.05 Å². The Labute approximate surface area is 97.1 Å². The summed E-state index contributed by atoms with van der Waals surface area (Å²) in [5.41, 5.74) is 0. The van der Waals surface area contributed by atoms with Gasteiger partial charge in [0.15, 0.2) is 0 Å². The van der Waals surface area contributed by atoms with Gasteiger partial charge in [0.1, 0.15) is 9.84 Å². The SMILES string of the molecule is CN(CCS(C)(=O)=O)C(=O)CNCC1CC1. The van der Waals surface area contributed by atoms with Crippen LogP contribution in [0.5, 0.6) is 0 Å². The summed E-state index contributed by atoms with van der Waals surface area (Å²) in [6, 6.07) is 0. The van der Waals surface area contributed by atoms with Gasteiger partial charge in [0.25, 0.3) is 0 Å². The van der Waals surface area contributed by atoms with Gasteiger partial charge >= 0.3 is 0 Å². The molecule has 0 aromatic rings. The van der Waals surface area contributed by atoms with Crippen LogP contribution in [0.25, 0.3) is 0 Å². The summed E-state index contributed by atoms with van der Waals surface area (Å²) in [6.45, 7) is 1.46. The first kappa shape index (κ1) is 13.4. The third-order valence-corrected chi connectivity index (χ3v) is 3.55. The molecular weight excluding hydrogens is 228 g/mol. The van der Waals surface area contributed by atoms with Crippen molar-refractivity contribution >= 4 is 15.7 Å². The van der Waals surface area contributed by atoms with Gasteiger partial charge in [-0.2, -0.15) is 0 Å². The van der Waals surface area contributed by atoms with Crippen molar-refractivity contribution in [2.24, 2.45) is 5.92 Å². The van der Waals surface area contributed by atoms with Crippen LogP contribution in [0.3, 0.4) is 0 Å². The minimum atomic E-state index is -2.99. The molecule has 0 unspecified atom stereocenters. The molecule has 1 amide bonds. The van der Waals surface area contributed by atoms with E-state index >= 15 is 0 Å². The van der Waals surface area contributed by atoms with Crippen LogP contribution in [-0.2, 0) is 14.6 Å². The number of hydrogen-bond acceptors (Lipinski definition) is 4. The molecular formula is C10H20N2O3S. The van der Waals surface area contributed by atoms with E-state index in [2.05, 4.69) is 5.32 Å². The van der Waals surface area contributed by atoms with E-state index in [1.807, 2.05) is 0 Å². The van der Waals surface area contributed by atoms with Crippen molar-refractivity contribution in [1.82, 2.24) is 10.2 Å². The second-order valence-electron chi connectivity index (χ2n) is 4.52. The van der Waals surface area contributed by atoms with Crippen LogP contribution in [0.2, 0.25) is 0 Å². The zero-order chi connectivity index (χ0) is 12.2. The number of rotatable bonds is 7. The largest absolute Gasteiger partial charge is 0.344 e. The summed E-state index contributed by atoms with van der Waals surface area (Å²) < 4.78 is 21.8. The lowest BCUT2D eigenvalue weighted by Crippen LogP contribution is -2.38. The maximum atomic E-state index is 11.5. The fourth-order valence-corrected chi connectivity index (χ4v) is 1.87. The van der Waals surface area contributed by atoms with E-state index in [4.69, 9.17) is 0 Å². The Balaban J connectivity index is 2.13. The summed E-state index contributed by atoms with van der Waals surface area (Å²) in [6.07, 6.45) is 3.69. The quantitative estimate of drug-likeness (QED) is 0.659. The van der Waals surface area contributed by atoms with Crippen LogP contribution in [0.1, 0.15) is 12.8 Å². The first-order chi connectivity index (χ1) is 7.38. The first-order valence-corrected chi connectivity index (χ1v) is 7.57. The summed E-state index contributed by atoms with van der Waals surface area (Å²) in [4.78, 5) is 13.0. The second-order valence-corrected chi connectivity index (χ2v) is 6.78. The summed E-state index contributed by atoms with van der Waals surface area (Å²) >= 11 is 0. The molecule has 6 heteroatoms. The molecule has 1 aliphatic rings. The zero-order valence-corrected chi connectivity index (χ0v) is 10.7. The Hall–Kier alpha value is -0.620. The molecule has 1 fully saturated rings. The van der Waals surface area contributed by atoms with E-state index in [-0.39, 0.29) is 18.2 Å². The minimum absolute atomic E-state index is 0.0257. The summed E-state index contributed by atoms with van der Waals surface area (Å²) in [5, 5.41) is 3.08. The molecule has 0 radical (unpaired) electrons. The Morgan fingerprint density at radius 1 is 1.44 bits per heavy atom. The van der Waals surface area contributed by atoms with Crippen LogP contribution >= 0.6 is 0 Å². The maximum Gasteiger partial charge on any atom is 0.236 e. The third kappa shape index (κ3) is 6.07. The molecule has 5 nitrogen and oxygen atoms in total. The van der Waals surface area contributed by atoms with Crippen molar-refractivity contribution in [2.75, 3.05) is 38.7 Å². The molecule has 94 valence electrons. The standard InChI is InChI=1S/C10H20N2O3S/c1-12(5-6-16(2,14)15)10(13)8-11-7-9-3-4-9/h9,11H,3-8H2,1-2H3. The summed E-state index contributed by atoms with van der Waals surface area (Å²) in [7, 11) is -1.36. The normalized spacial score (nSPS) is 16.1. The molecule has 0 aliphatic heterocycles. The van der Waals surface area contributed by atoms with Gasteiger partial charge in [0.2, 0.25) is 5.91 Å². The topological polar surface area (TPSA) is 66.5 Å². The molecule has 0 saturated heterocycles. The molecule has 0 atom stereocenters. The van der Waals surface area contributed by atoms with Crippen molar-refractivity contribution in [3.05, 3.63) is 0 Å². The lowest BCUT2D eigenvalue weighted by atomic mass is 10.4. The Bertz CT molecular complexity index is 336. The van der Waals surface area contributed by atoms with Gasteiger partial charge in [-0.3, -0.25) is 4.79 Å². The van der Waals surface area contributed by atoms with Gasteiger partial charge in [-0.15, -0.1) is 0 Å². The number of sulfone groups is 1. The van der Waals surface area contributed by atoms with E-state index in [0.717, 1.165) is 12.5 Å². The Morgan fingerprint density at radius 2 is 2.06 bits per heavy atom. The van der Waals surface area contributed by atoms with E-state index < -0.39 is 9.84 Å². The van der Waals surface area contributed by atoms with Gasteiger partial charge in [-0.25, -0.2) is 8.42 Å². The average Bonchev–Trinajstić information content (AvgIpc) is 2.96. The molecule has 0 spiro atoms. The molecule has 0 aromatic carbocycles. The van der Waals surface area contributed by atoms with E-state index in [1.165, 1.54) is 24.0 Å². The average molecular weight is 248 g/mol. The van der Waals surface area contributed by atoms with E-state index in [0.29, 0.717) is 6.54 Å². The smallest absolute Gasteiger partial charge is 0.236 e. The zero-order valence-electron chi connectivity index (χ0n) is 9.90. The molecule has 1 N–H and O–H groups in total. The Kier molecular flexibility index (Phi) is 4.73. The molecule has 1 aliphatic carbocycles. The number of hydrogen-bond donors (Lipinski definition) is 1.